The minimum atomic E-state index is -3.18. The molecule has 0 unspecified atom stereocenters. The van der Waals surface area contributed by atoms with Gasteiger partial charge in [0.25, 0.3) is 0 Å². The largest absolute Gasteiger partial charge is 0.366 e. The molecule has 0 aliphatic heterocycles. The number of carbonyl (C=O) groups excluding carboxylic acids is 1. The topological polar surface area (TPSA) is 80.5 Å². The van der Waals surface area contributed by atoms with Crippen molar-refractivity contribution in [2.45, 2.75) is 24.4 Å². The Kier molecular flexibility index (Phi) is 5.41. The number of nitrogens with zero attached hydrogens (tertiary/aromatic N) is 1. The molecule has 0 aliphatic rings. The van der Waals surface area contributed by atoms with Crippen LogP contribution in [0.5, 0.6) is 0 Å². The molecule has 1 amide bonds. The molecule has 5 nitrogen and oxygen atoms in total. The van der Waals surface area contributed by atoms with E-state index in [9.17, 15) is 13.2 Å². The maximum absolute atomic E-state index is 11.5. The van der Waals surface area contributed by atoms with Crippen molar-refractivity contribution in [3.63, 3.8) is 0 Å². The van der Waals surface area contributed by atoms with E-state index in [0.717, 1.165) is 11.1 Å². The lowest BCUT2D eigenvalue weighted by molar-refractivity contribution is 0.1000. The third-order valence-electron chi connectivity index (χ3n) is 4.12. The van der Waals surface area contributed by atoms with Crippen LogP contribution in [0.3, 0.4) is 0 Å². The van der Waals surface area contributed by atoms with Crippen LogP contribution in [0.1, 0.15) is 34.5 Å². The summed E-state index contributed by atoms with van der Waals surface area (Å²) in [6.07, 6.45) is 1.20. The average Bonchev–Trinajstić information content (AvgIpc) is 2.54. The highest BCUT2D eigenvalue weighted by Gasteiger charge is 2.14. The first-order chi connectivity index (χ1) is 11.2. The molecule has 24 heavy (non-hydrogen) atoms. The van der Waals surface area contributed by atoms with Crippen LogP contribution in [0.15, 0.2) is 53.4 Å². The van der Waals surface area contributed by atoms with Crippen molar-refractivity contribution in [2.24, 2.45) is 5.73 Å². The summed E-state index contributed by atoms with van der Waals surface area (Å²) in [6, 6.07) is 14.3. The molecule has 0 fully saturated rings. The van der Waals surface area contributed by atoms with Crippen molar-refractivity contribution in [1.82, 2.24) is 4.90 Å². The molecule has 2 aromatic rings. The molecule has 0 aliphatic carbocycles. The van der Waals surface area contributed by atoms with E-state index in [1.807, 2.05) is 31.3 Å². The van der Waals surface area contributed by atoms with Crippen LogP contribution in [0.2, 0.25) is 0 Å². The van der Waals surface area contributed by atoms with E-state index >= 15 is 0 Å². The van der Waals surface area contributed by atoms with E-state index in [-0.39, 0.29) is 6.04 Å². The number of hydrogen-bond donors (Lipinski definition) is 1. The molecule has 0 aromatic heterocycles. The van der Waals surface area contributed by atoms with Gasteiger partial charge in [-0.15, -0.1) is 0 Å². The van der Waals surface area contributed by atoms with Crippen LogP contribution in [0.4, 0.5) is 0 Å². The Balaban J connectivity index is 2.08. The van der Waals surface area contributed by atoms with Gasteiger partial charge in [-0.25, -0.2) is 8.42 Å². The molecule has 2 N–H and O–H groups in total. The van der Waals surface area contributed by atoms with Crippen molar-refractivity contribution < 1.29 is 13.2 Å². The van der Waals surface area contributed by atoms with Gasteiger partial charge in [0.1, 0.15) is 0 Å². The Bertz CT molecular complexity index is 812. The van der Waals surface area contributed by atoms with Gasteiger partial charge >= 0.3 is 0 Å². The SMILES string of the molecule is C[C@@H](c1ccc(S(C)(=O)=O)cc1)N(C)Cc1ccc(C(N)=O)cc1. The zero-order valence-electron chi connectivity index (χ0n) is 14.1. The maximum atomic E-state index is 11.5. The van der Waals surface area contributed by atoms with Gasteiger partial charge in [0, 0.05) is 24.4 Å². The summed E-state index contributed by atoms with van der Waals surface area (Å²) >= 11 is 0. The van der Waals surface area contributed by atoms with Crippen LogP contribution < -0.4 is 5.73 Å². The fourth-order valence-corrected chi connectivity index (χ4v) is 3.08. The number of hydrogen-bond acceptors (Lipinski definition) is 4. The van der Waals surface area contributed by atoms with Crippen LogP contribution in [0.25, 0.3) is 0 Å². The van der Waals surface area contributed by atoms with Crippen molar-refractivity contribution in [3.8, 4) is 0 Å². The van der Waals surface area contributed by atoms with Crippen molar-refractivity contribution in [2.75, 3.05) is 13.3 Å². The summed E-state index contributed by atoms with van der Waals surface area (Å²) in [6.45, 7) is 2.77. The van der Waals surface area contributed by atoms with Gasteiger partial charge in [0.15, 0.2) is 9.84 Å². The minimum Gasteiger partial charge on any atom is -0.366 e. The Hall–Kier alpha value is -2.18. The number of primary amides is 1. The number of rotatable bonds is 6. The van der Waals surface area contributed by atoms with E-state index in [1.54, 1.807) is 24.3 Å². The molecule has 0 heterocycles. The highest BCUT2D eigenvalue weighted by molar-refractivity contribution is 7.90. The lowest BCUT2D eigenvalue weighted by Gasteiger charge is -2.25. The molecule has 0 saturated carbocycles. The van der Waals surface area contributed by atoms with Crippen LogP contribution in [-0.4, -0.2) is 32.5 Å². The number of nitrogens with two attached hydrogens (primary N) is 1. The summed E-state index contributed by atoms with van der Waals surface area (Å²) in [5, 5.41) is 0. The summed E-state index contributed by atoms with van der Waals surface area (Å²) in [5.74, 6) is -0.436. The lowest BCUT2D eigenvalue weighted by Crippen LogP contribution is -2.22. The van der Waals surface area contributed by atoms with Gasteiger partial charge < -0.3 is 5.73 Å². The number of benzene rings is 2. The highest BCUT2D eigenvalue weighted by atomic mass is 32.2. The van der Waals surface area contributed by atoms with Gasteiger partial charge in [0.2, 0.25) is 5.91 Å². The molecule has 128 valence electrons. The quantitative estimate of drug-likeness (QED) is 0.871. The summed E-state index contributed by atoms with van der Waals surface area (Å²) in [5.41, 5.74) is 7.84. The highest BCUT2D eigenvalue weighted by Crippen LogP contribution is 2.22. The summed E-state index contributed by atoms with van der Waals surface area (Å²) in [7, 11) is -1.18. The molecule has 2 rings (SSSR count). The van der Waals surface area contributed by atoms with Gasteiger partial charge in [-0.1, -0.05) is 24.3 Å². The smallest absolute Gasteiger partial charge is 0.248 e. The zero-order valence-corrected chi connectivity index (χ0v) is 14.9. The molecular formula is C18H22N2O3S. The van der Waals surface area contributed by atoms with Crippen molar-refractivity contribution in [3.05, 3.63) is 65.2 Å². The van der Waals surface area contributed by atoms with Gasteiger partial charge in [-0.3, -0.25) is 9.69 Å². The summed E-state index contributed by atoms with van der Waals surface area (Å²) < 4.78 is 23.0. The second kappa shape index (κ2) is 7.15. The predicted octanol–water partition coefficient (Wildman–Crippen LogP) is 2.38. The second-order valence-electron chi connectivity index (χ2n) is 5.99. The molecule has 2 aromatic carbocycles. The molecule has 6 heteroatoms. The Morgan fingerprint density at radius 2 is 1.62 bits per heavy atom. The van der Waals surface area contributed by atoms with Crippen LogP contribution >= 0.6 is 0 Å². The molecule has 0 spiro atoms. The third kappa shape index (κ3) is 4.43. The third-order valence-corrected chi connectivity index (χ3v) is 5.25. The van der Waals surface area contributed by atoms with E-state index in [1.165, 1.54) is 6.26 Å². The monoisotopic (exact) mass is 346 g/mol. The molecular weight excluding hydrogens is 324 g/mol. The van der Waals surface area contributed by atoms with Gasteiger partial charge in [-0.05, 0) is 49.4 Å². The summed E-state index contributed by atoms with van der Waals surface area (Å²) in [4.78, 5) is 13.6. The lowest BCUT2D eigenvalue weighted by atomic mass is 10.1. The molecule has 0 radical (unpaired) electrons. The Morgan fingerprint density at radius 3 is 2.08 bits per heavy atom. The van der Waals surface area contributed by atoms with E-state index in [4.69, 9.17) is 5.73 Å². The zero-order chi connectivity index (χ0) is 17.9. The molecule has 0 bridgehead atoms. The normalized spacial score (nSPS) is 13.0. The van der Waals surface area contributed by atoms with Gasteiger partial charge in [-0.2, -0.15) is 0 Å². The fraction of sp³-hybridized carbons (Fsp3) is 0.278. The predicted molar refractivity (Wildman–Crippen MR) is 94.4 cm³/mol. The second-order valence-corrected chi connectivity index (χ2v) is 8.01. The first-order valence-corrected chi connectivity index (χ1v) is 9.46. The van der Waals surface area contributed by atoms with E-state index < -0.39 is 15.7 Å². The Morgan fingerprint density at radius 1 is 1.08 bits per heavy atom. The van der Waals surface area contributed by atoms with E-state index in [0.29, 0.717) is 17.0 Å². The average molecular weight is 346 g/mol. The number of carbonyl (C=O) groups is 1. The first kappa shape index (κ1) is 18.2. The standard InChI is InChI=1S/C18H22N2O3S/c1-13(15-8-10-17(11-9-15)24(3,22)23)20(2)12-14-4-6-16(7-5-14)18(19)21/h4-11,13H,12H2,1-3H3,(H2,19,21)/t13-/m0/s1. The van der Waals surface area contributed by atoms with E-state index in [2.05, 4.69) is 11.8 Å². The first-order valence-electron chi connectivity index (χ1n) is 7.57. The minimum absolute atomic E-state index is 0.120. The molecule has 1 atom stereocenters. The van der Waals surface area contributed by atoms with Crippen molar-refractivity contribution >= 4 is 15.7 Å². The number of sulfone groups is 1. The van der Waals surface area contributed by atoms with Crippen LogP contribution in [0, 0.1) is 0 Å². The molecule has 0 saturated heterocycles. The van der Waals surface area contributed by atoms with Gasteiger partial charge in [0.05, 0.1) is 4.90 Å². The maximum Gasteiger partial charge on any atom is 0.248 e. The van der Waals surface area contributed by atoms with Crippen LogP contribution in [-0.2, 0) is 16.4 Å². The Labute approximate surface area is 143 Å². The number of amides is 1. The van der Waals surface area contributed by atoms with Crippen molar-refractivity contribution in [1.29, 1.82) is 0 Å². The fourth-order valence-electron chi connectivity index (χ4n) is 2.45.